The van der Waals surface area contributed by atoms with Crippen molar-refractivity contribution in [2.24, 2.45) is 11.1 Å². The molecule has 1 aliphatic carbocycles. The van der Waals surface area contributed by atoms with Crippen LogP contribution in [0.5, 0.6) is 0 Å². The van der Waals surface area contributed by atoms with E-state index in [1.165, 1.54) is 7.11 Å². The van der Waals surface area contributed by atoms with Crippen molar-refractivity contribution in [3.8, 4) is 0 Å². The molecule has 92 valence electrons. The molecule has 1 unspecified atom stereocenters. The van der Waals surface area contributed by atoms with E-state index in [2.05, 4.69) is 23.6 Å². The number of ether oxygens (including phenoxy) is 1. The summed E-state index contributed by atoms with van der Waals surface area (Å²) in [6.45, 7) is 4.97. The summed E-state index contributed by atoms with van der Waals surface area (Å²) in [5.74, 6) is -0.360. The first kappa shape index (κ1) is 12.0. The van der Waals surface area contributed by atoms with Gasteiger partial charge in [0.1, 0.15) is 0 Å². The molecule has 1 heterocycles. The number of aromatic nitrogens is 1. The van der Waals surface area contributed by atoms with E-state index < -0.39 is 0 Å². The highest BCUT2D eigenvalue weighted by Gasteiger charge is 2.61. The van der Waals surface area contributed by atoms with Gasteiger partial charge in [-0.2, -0.15) is 0 Å². The Labute approximate surface area is 101 Å². The third kappa shape index (κ3) is 1.72. The predicted molar refractivity (Wildman–Crippen MR) is 64.7 cm³/mol. The highest BCUT2D eigenvalue weighted by Crippen LogP contribution is 2.63. The van der Waals surface area contributed by atoms with Gasteiger partial charge >= 0.3 is 5.97 Å². The minimum absolute atomic E-state index is 0.0261. The van der Waals surface area contributed by atoms with Gasteiger partial charge in [0.15, 0.2) is 0 Å². The van der Waals surface area contributed by atoms with Gasteiger partial charge in [-0.25, -0.2) is 4.79 Å². The summed E-state index contributed by atoms with van der Waals surface area (Å²) in [6, 6.07) is 3.63. The molecular weight excluding hydrogens is 216 g/mol. The first-order valence-electron chi connectivity index (χ1n) is 5.72. The second kappa shape index (κ2) is 3.81. The molecule has 0 aliphatic heterocycles. The fourth-order valence-electron chi connectivity index (χ4n) is 2.52. The number of carbonyl (C=O) groups excluding carboxylic acids is 1. The van der Waals surface area contributed by atoms with Crippen molar-refractivity contribution in [3.63, 3.8) is 0 Å². The van der Waals surface area contributed by atoms with Crippen LogP contribution in [0.25, 0.3) is 0 Å². The van der Waals surface area contributed by atoms with E-state index in [0.29, 0.717) is 12.1 Å². The van der Waals surface area contributed by atoms with E-state index in [0.717, 1.165) is 12.1 Å². The van der Waals surface area contributed by atoms with Crippen LogP contribution in [0, 0.1) is 5.41 Å². The van der Waals surface area contributed by atoms with Gasteiger partial charge < -0.3 is 10.5 Å². The quantitative estimate of drug-likeness (QED) is 0.805. The summed E-state index contributed by atoms with van der Waals surface area (Å²) in [7, 11) is 1.36. The van der Waals surface area contributed by atoms with Crippen molar-refractivity contribution in [2.45, 2.75) is 25.7 Å². The largest absolute Gasteiger partial charge is 0.465 e. The predicted octanol–water partition coefficient (Wildman–Crippen LogP) is 1.49. The van der Waals surface area contributed by atoms with Gasteiger partial charge in [-0.05, 0) is 24.0 Å². The Hall–Kier alpha value is -1.42. The van der Waals surface area contributed by atoms with E-state index in [9.17, 15) is 4.79 Å². The van der Waals surface area contributed by atoms with Crippen LogP contribution >= 0.6 is 0 Å². The summed E-state index contributed by atoms with van der Waals surface area (Å²) < 4.78 is 4.64. The average molecular weight is 234 g/mol. The van der Waals surface area contributed by atoms with Crippen molar-refractivity contribution in [3.05, 3.63) is 29.6 Å². The van der Waals surface area contributed by atoms with Crippen LogP contribution < -0.4 is 5.73 Å². The molecule has 1 fully saturated rings. The van der Waals surface area contributed by atoms with E-state index in [1.807, 2.05) is 6.07 Å². The number of nitrogens with zero attached hydrogens (tertiary/aromatic N) is 1. The highest BCUT2D eigenvalue weighted by atomic mass is 16.5. The second-order valence-electron chi connectivity index (χ2n) is 5.27. The Morgan fingerprint density at radius 1 is 1.53 bits per heavy atom. The van der Waals surface area contributed by atoms with Crippen LogP contribution in [-0.4, -0.2) is 24.6 Å². The standard InChI is InChI=1S/C13H18N2O2/c1-12(2)7-13(12,8-14)10-5-4-9(6-15-10)11(16)17-3/h4-6H,7-8,14H2,1-3H3. The maximum Gasteiger partial charge on any atom is 0.339 e. The van der Waals surface area contributed by atoms with E-state index in [-0.39, 0.29) is 16.8 Å². The van der Waals surface area contributed by atoms with Gasteiger partial charge in [-0.3, -0.25) is 4.98 Å². The molecule has 4 heteroatoms. The number of carbonyl (C=O) groups is 1. The Kier molecular flexibility index (Phi) is 2.70. The van der Waals surface area contributed by atoms with Crippen LogP contribution in [0.2, 0.25) is 0 Å². The van der Waals surface area contributed by atoms with E-state index >= 15 is 0 Å². The van der Waals surface area contributed by atoms with Gasteiger partial charge in [0.05, 0.1) is 12.7 Å². The molecular formula is C13H18N2O2. The molecule has 0 spiro atoms. The normalized spacial score (nSPS) is 25.4. The minimum Gasteiger partial charge on any atom is -0.465 e. The second-order valence-corrected chi connectivity index (χ2v) is 5.27. The van der Waals surface area contributed by atoms with Gasteiger partial charge in [-0.1, -0.05) is 13.8 Å². The van der Waals surface area contributed by atoms with Crippen molar-refractivity contribution in [1.82, 2.24) is 4.98 Å². The smallest absolute Gasteiger partial charge is 0.339 e. The summed E-state index contributed by atoms with van der Waals surface area (Å²) in [4.78, 5) is 15.7. The molecule has 1 aliphatic rings. The molecule has 0 aromatic carbocycles. The van der Waals surface area contributed by atoms with Gasteiger partial charge in [0, 0.05) is 23.9 Å². The molecule has 17 heavy (non-hydrogen) atoms. The lowest BCUT2D eigenvalue weighted by Crippen LogP contribution is -2.26. The summed E-state index contributed by atoms with van der Waals surface area (Å²) in [6.07, 6.45) is 2.61. The Morgan fingerprint density at radius 3 is 2.53 bits per heavy atom. The maximum atomic E-state index is 11.3. The zero-order valence-corrected chi connectivity index (χ0v) is 10.5. The monoisotopic (exact) mass is 234 g/mol. The molecule has 0 bridgehead atoms. The number of pyridine rings is 1. The fraction of sp³-hybridized carbons (Fsp3) is 0.538. The van der Waals surface area contributed by atoms with Crippen molar-refractivity contribution >= 4 is 5.97 Å². The Morgan fingerprint density at radius 2 is 2.18 bits per heavy atom. The lowest BCUT2D eigenvalue weighted by molar-refractivity contribution is 0.0600. The van der Waals surface area contributed by atoms with Crippen LogP contribution in [0.3, 0.4) is 0 Å². The van der Waals surface area contributed by atoms with Crippen LogP contribution in [0.15, 0.2) is 18.3 Å². The Bertz CT molecular complexity index is 439. The molecule has 1 saturated carbocycles. The van der Waals surface area contributed by atoms with E-state index in [1.54, 1.807) is 12.3 Å². The number of nitrogens with two attached hydrogens (primary N) is 1. The van der Waals surface area contributed by atoms with Crippen molar-refractivity contribution in [2.75, 3.05) is 13.7 Å². The highest BCUT2D eigenvalue weighted by molar-refractivity contribution is 5.88. The van der Waals surface area contributed by atoms with Crippen LogP contribution in [0.1, 0.15) is 36.3 Å². The summed E-state index contributed by atoms with van der Waals surface area (Å²) >= 11 is 0. The fourth-order valence-corrected chi connectivity index (χ4v) is 2.52. The Balaban J connectivity index is 2.28. The average Bonchev–Trinajstić information content (AvgIpc) is 2.92. The zero-order chi connectivity index (χ0) is 12.7. The van der Waals surface area contributed by atoms with Crippen molar-refractivity contribution in [1.29, 1.82) is 0 Å². The third-order valence-electron chi connectivity index (χ3n) is 3.94. The minimum atomic E-state index is -0.360. The zero-order valence-electron chi connectivity index (χ0n) is 10.5. The maximum absolute atomic E-state index is 11.3. The van der Waals surface area contributed by atoms with Crippen molar-refractivity contribution < 1.29 is 9.53 Å². The number of hydrogen-bond donors (Lipinski definition) is 1. The molecule has 0 saturated heterocycles. The number of hydrogen-bond acceptors (Lipinski definition) is 4. The first-order valence-corrected chi connectivity index (χ1v) is 5.72. The third-order valence-corrected chi connectivity index (χ3v) is 3.94. The lowest BCUT2D eigenvalue weighted by Gasteiger charge is -2.17. The SMILES string of the molecule is COC(=O)c1ccc(C2(CN)CC2(C)C)nc1. The van der Waals surface area contributed by atoms with Gasteiger partial charge in [0.25, 0.3) is 0 Å². The molecule has 2 N–H and O–H groups in total. The first-order chi connectivity index (χ1) is 7.97. The van der Waals surface area contributed by atoms with Gasteiger partial charge in [-0.15, -0.1) is 0 Å². The molecule has 1 aromatic rings. The summed E-state index contributed by atoms with van der Waals surface area (Å²) in [5.41, 5.74) is 7.48. The number of esters is 1. The number of methoxy groups -OCH3 is 1. The lowest BCUT2D eigenvalue weighted by atomic mass is 9.91. The molecule has 0 amide bonds. The van der Waals surface area contributed by atoms with Crippen LogP contribution in [-0.2, 0) is 10.2 Å². The van der Waals surface area contributed by atoms with E-state index in [4.69, 9.17) is 5.73 Å². The molecule has 1 atom stereocenters. The summed E-state index contributed by atoms with van der Waals surface area (Å²) in [5, 5.41) is 0. The number of rotatable bonds is 3. The van der Waals surface area contributed by atoms with Crippen LogP contribution in [0.4, 0.5) is 0 Å². The topological polar surface area (TPSA) is 65.2 Å². The molecule has 4 nitrogen and oxygen atoms in total. The molecule has 1 aromatic heterocycles. The van der Waals surface area contributed by atoms with Gasteiger partial charge in [0.2, 0.25) is 0 Å². The molecule has 2 rings (SSSR count). The molecule has 0 radical (unpaired) electrons.